The zero-order valence-electron chi connectivity index (χ0n) is 7.31. The van der Waals surface area contributed by atoms with E-state index in [-0.39, 0.29) is 0 Å². The number of hydrogen-bond donors (Lipinski definition) is 2. The summed E-state index contributed by atoms with van der Waals surface area (Å²) in [6.07, 6.45) is 1.61. The predicted molar refractivity (Wildman–Crippen MR) is 53.7 cm³/mol. The van der Waals surface area contributed by atoms with Crippen LogP contribution in [0.3, 0.4) is 0 Å². The lowest BCUT2D eigenvalue weighted by atomic mass is 10.1. The molecule has 0 radical (unpaired) electrons. The lowest BCUT2D eigenvalue weighted by Crippen LogP contribution is -2.19. The van der Waals surface area contributed by atoms with E-state index < -0.39 is 12.2 Å². The lowest BCUT2D eigenvalue weighted by molar-refractivity contribution is 0.0340. The molecule has 0 fully saturated rings. The Morgan fingerprint density at radius 3 is 2.69 bits per heavy atom. The second kappa shape index (κ2) is 4.69. The number of pyridine rings is 1. The van der Waals surface area contributed by atoms with E-state index in [1.165, 1.54) is 0 Å². The second-order valence-corrected chi connectivity index (χ2v) is 3.61. The Hall–Kier alpha value is -0.450. The van der Waals surface area contributed by atoms with E-state index in [4.69, 9.17) is 0 Å². The van der Waals surface area contributed by atoms with Crippen molar-refractivity contribution in [3.8, 4) is 0 Å². The number of aryl methyl sites for hydroxylation is 1. The Balaban J connectivity index is 2.82. The van der Waals surface area contributed by atoms with Crippen LogP contribution in [0.15, 0.2) is 18.5 Å². The number of nitrogens with zero attached hydrogens (tertiary/aromatic N) is 1. The molecule has 1 rings (SSSR count). The van der Waals surface area contributed by atoms with Crippen LogP contribution >= 0.6 is 15.9 Å². The Kier molecular flexibility index (Phi) is 3.84. The van der Waals surface area contributed by atoms with Crippen LogP contribution in [0.2, 0.25) is 0 Å². The molecule has 2 atom stereocenters. The minimum absolute atomic E-state index is 0.349. The maximum absolute atomic E-state index is 9.59. The topological polar surface area (TPSA) is 53.4 Å². The van der Waals surface area contributed by atoms with Crippen molar-refractivity contribution < 1.29 is 10.2 Å². The molecule has 2 unspecified atom stereocenters. The van der Waals surface area contributed by atoms with Crippen molar-refractivity contribution in [1.29, 1.82) is 0 Å². The SMILES string of the molecule is Cc1cncc(C(O)C(O)CBr)c1. The van der Waals surface area contributed by atoms with Gasteiger partial charge in [-0.25, -0.2) is 0 Å². The zero-order valence-corrected chi connectivity index (χ0v) is 8.90. The van der Waals surface area contributed by atoms with Gasteiger partial charge in [-0.05, 0) is 12.5 Å². The van der Waals surface area contributed by atoms with Gasteiger partial charge in [-0.3, -0.25) is 4.98 Å². The van der Waals surface area contributed by atoms with Crippen LogP contribution in [-0.4, -0.2) is 26.6 Å². The average Bonchev–Trinajstić information content (AvgIpc) is 2.15. The van der Waals surface area contributed by atoms with E-state index in [9.17, 15) is 10.2 Å². The Labute approximate surface area is 85.6 Å². The highest BCUT2D eigenvalue weighted by atomic mass is 79.9. The molecule has 0 aromatic carbocycles. The number of alkyl halides is 1. The first-order valence-corrected chi connectivity index (χ1v) is 5.11. The molecule has 1 aromatic heterocycles. The molecule has 3 nitrogen and oxygen atoms in total. The molecule has 72 valence electrons. The molecule has 0 aliphatic carbocycles. The molecule has 0 aliphatic heterocycles. The molecule has 0 saturated carbocycles. The van der Waals surface area contributed by atoms with Gasteiger partial charge < -0.3 is 10.2 Å². The minimum Gasteiger partial charge on any atom is -0.389 e. The van der Waals surface area contributed by atoms with Crippen LogP contribution < -0.4 is 0 Å². The summed E-state index contributed by atoms with van der Waals surface area (Å²) >= 11 is 3.10. The number of rotatable bonds is 3. The van der Waals surface area contributed by atoms with Crippen molar-refractivity contribution in [2.45, 2.75) is 19.1 Å². The summed E-state index contributed by atoms with van der Waals surface area (Å²) in [6, 6.07) is 1.81. The summed E-state index contributed by atoms with van der Waals surface area (Å²) in [7, 11) is 0. The monoisotopic (exact) mass is 245 g/mol. The maximum atomic E-state index is 9.59. The zero-order chi connectivity index (χ0) is 9.84. The highest BCUT2D eigenvalue weighted by Gasteiger charge is 2.16. The normalized spacial score (nSPS) is 15.4. The largest absolute Gasteiger partial charge is 0.389 e. The first kappa shape index (κ1) is 10.6. The van der Waals surface area contributed by atoms with Crippen LogP contribution in [0, 0.1) is 6.92 Å². The van der Waals surface area contributed by atoms with Crippen molar-refractivity contribution in [1.82, 2.24) is 4.98 Å². The molecule has 1 aromatic rings. The molecular weight excluding hydrogens is 234 g/mol. The van der Waals surface area contributed by atoms with Crippen molar-refractivity contribution in [3.05, 3.63) is 29.6 Å². The number of hydrogen-bond acceptors (Lipinski definition) is 3. The van der Waals surface area contributed by atoms with E-state index in [1.54, 1.807) is 12.4 Å². The Morgan fingerprint density at radius 1 is 1.46 bits per heavy atom. The van der Waals surface area contributed by atoms with E-state index in [2.05, 4.69) is 20.9 Å². The fourth-order valence-corrected chi connectivity index (χ4v) is 1.40. The van der Waals surface area contributed by atoms with Gasteiger partial charge in [0.15, 0.2) is 0 Å². The number of aliphatic hydroxyl groups is 2. The van der Waals surface area contributed by atoms with Crippen molar-refractivity contribution in [2.75, 3.05) is 5.33 Å². The van der Waals surface area contributed by atoms with Crippen molar-refractivity contribution in [2.24, 2.45) is 0 Å². The third kappa shape index (κ3) is 2.76. The highest BCUT2D eigenvalue weighted by Crippen LogP contribution is 2.17. The lowest BCUT2D eigenvalue weighted by Gasteiger charge is -2.15. The van der Waals surface area contributed by atoms with E-state index >= 15 is 0 Å². The smallest absolute Gasteiger partial charge is 0.107 e. The molecule has 1 heterocycles. The van der Waals surface area contributed by atoms with Crippen molar-refractivity contribution >= 4 is 15.9 Å². The van der Waals surface area contributed by atoms with Gasteiger partial charge in [0, 0.05) is 23.3 Å². The molecule has 0 saturated heterocycles. The summed E-state index contributed by atoms with van der Waals surface area (Å²) in [5.74, 6) is 0. The van der Waals surface area contributed by atoms with E-state index in [0.717, 1.165) is 5.56 Å². The summed E-state index contributed by atoms with van der Waals surface area (Å²) in [5.41, 5.74) is 1.62. The maximum Gasteiger partial charge on any atom is 0.107 e. The van der Waals surface area contributed by atoms with Crippen LogP contribution in [0.25, 0.3) is 0 Å². The molecule has 0 aliphatic rings. The van der Waals surface area contributed by atoms with Gasteiger partial charge in [-0.1, -0.05) is 22.0 Å². The number of aliphatic hydroxyl groups excluding tert-OH is 2. The van der Waals surface area contributed by atoms with Crippen LogP contribution in [-0.2, 0) is 0 Å². The summed E-state index contributed by atoms with van der Waals surface area (Å²) < 4.78 is 0. The third-order valence-electron chi connectivity index (χ3n) is 1.76. The van der Waals surface area contributed by atoms with Gasteiger partial charge in [-0.2, -0.15) is 0 Å². The quantitative estimate of drug-likeness (QED) is 0.787. The summed E-state index contributed by atoms with van der Waals surface area (Å²) in [4.78, 5) is 3.94. The number of aromatic nitrogens is 1. The average molecular weight is 246 g/mol. The molecular formula is C9H12BrNO2. The standard InChI is InChI=1S/C9H12BrNO2/c1-6-2-7(5-11-4-6)9(13)8(12)3-10/h2,4-5,8-9,12-13H,3H2,1H3. The predicted octanol–water partition coefficient (Wildman–Crippen LogP) is 1.18. The molecule has 13 heavy (non-hydrogen) atoms. The fourth-order valence-electron chi connectivity index (χ4n) is 1.05. The van der Waals surface area contributed by atoms with E-state index in [0.29, 0.717) is 10.9 Å². The molecule has 0 bridgehead atoms. The van der Waals surface area contributed by atoms with Gasteiger partial charge in [0.2, 0.25) is 0 Å². The van der Waals surface area contributed by atoms with Gasteiger partial charge >= 0.3 is 0 Å². The molecule has 0 spiro atoms. The van der Waals surface area contributed by atoms with Gasteiger partial charge in [0.05, 0.1) is 6.10 Å². The van der Waals surface area contributed by atoms with Crippen molar-refractivity contribution in [3.63, 3.8) is 0 Å². The van der Waals surface area contributed by atoms with Crippen LogP contribution in [0.5, 0.6) is 0 Å². The van der Waals surface area contributed by atoms with E-state index in [1.807, 2.05) is 13.0 Å². The summed E-state index contributed by atoms with van der Waals surface area (Å²) in [6.45, 7) is 1.89. The molecule has 4 heteroatoms. The van der Waals surface area contributed by atoms with Gasteiger partial charge in [0.1, 0.15) is 6.10 Å². The van der Waals surface area contributed by atoms with Gasteiger partial charge in [-0.15, -0.1) is 0 Å². The third-order valence-corrected chi connectivity index (χ3v) is 2.42. The van der Waals surface area contributed by atoms with Crippen LogP contribution in [0.1, 0.15) is 17.2 Å². The molecule has 2 N–H and O–H groups in total. The van der Waals surface area contributed by atoms with Gasteiger partial charge in [0.25, 0.3) is 0 Å². The minimum atomic E-state index is -0.869. The fraction of sp³-hybridized carbons (Fsp3) is 0.444. The Morgan fingerprint density at radius 2 is 2.15 bits per heavy atom. The highest BCUT2D eigenvalue weighted by molar-refractivity contribution is 9.09. The second-order valence-electron chi connectivity index (χ2n) is 2.96. The number of halogens is 1. The first-order chi connectivity index (χ1) is 6.15. The molecule has 0 amide bonds. The first-order valence-electron chi connectivity index (χ1n) is 3.99. The Bertz CT molecular complexity index is 280. The van der Waals surface area contributed by atoms with Crippen LogP contribution in [0.4, 0.5) is 0 Å². The summed E-state index contributed by atoms with van der Waals surface area (Å²) in [5, 5.41) is 19.3.